The second-order valence-corrected chi connectivity index (χ2v) is 6.77. The lowest BCUT2D eigenvalue weighted by Crippen LogP contribution is -2.39. The van der Waals surface area contributed by atoms with Crippen LogP contribution in [0.25, 0.3) is 0 Å². The topological polar surface area (TPSA) is 32.3 Å². The molecule has 1 amide bonds. The lowest BCUT2D eigenvalue weighted by molar-refractivity contribution is -0.130. The van der Waals surface area contributed by atoms with Crippen molar-refractivity contribution in [1.29, 1.82) is 0 Å². The quantitative estimate of drug-likeness (QED) is 0.767. The molecule has 110 valence electrons. The van der Waals surface area contributed by atoms with E-state index in [-0.39, 0.29) is 12.2 Å². The molecule has 0 spiro atoms. The van der Waals surface area contributed by atoms with Gasteiger partial charge in [0, 0.05) is 6.54 Å². The van der Waals surface area contributed by atoms with Gasteiger partial charge in [-0.2, -0.15) is 0 Å². The smallest absolute Gasteiger partial charge is 0.241 e. The highest BCUT2D eigenvalue weighted by Gasteiger charge is 2.38. The van der Waals surface area contributed by atoms with Gasteiger partial charge in [-0.05, 0) is 31.1 Å². The monoisotopic (exact) mass is 266 g/mol. The molecule has 1 saturated carbocycles. The van der Waals surface area contributed by atoms with Crippen molar-refractivity contribution in [3.8, 4) is 0 Å². The molecule has 1 aliphatic carbocycles. The first-order chi connectivity index (χ1) is 9.11. The summed E-state index contributed by atoms with van der Waals surface area (Å²) >= 11 is 0. The molecule has 0 bridgehead atoms. The summed E-state index contributed by atoms with van der Waals surface area (Å²) in [6, 6.07) is 0.0788. The summed E-state index contributed by atoms with van der Waals surface area (Å²) in [7, 11) is 0. The van der Waals surface area contributed by atoms with Crippen LogP contribution in [0.3, 0.4) is 0 Å². The third-order valence-electron chi connectivity index (χ3n) is 4.63. The minimum Gasteiger partial charge on any atom is -0.326 e. The van der Waals surface area contributed by atoms with E-state index in [1.165, 1.54) is 25.7 Å². The van der Waals surface area contributed by atoms with Crippen molar-refractivity contribution >= 4 is 5.91 Å². The van der Waals surface area contributed by atoms with Gasteiger partial charge in [0.25, 0.3) is 0 Å². The predicted molar refractivity (Wildman–Crippen MR) is 78.7 cm³/mol. The van der Waals surface area contributed by atoms with Gasteiger partial charge in [0.2, 0.25) is 5.91 Å². The third-order valence-corrected chi connectivity index (χ3v) is 4.63. The van der Waals surface area contributed by atoms with Crippen molar-refractivity contribution in [2.45, 2.75) is 77.9 Å². The van der Waals surface area contributed by atoms with Crippen molar-refractivity contribution < 1.29 is 4.79 Å². The molecule has 2 aliphatic rings. The Bertz CT molecular complexity index is 299. The fourth-order valence-corrected chi connectivity index (χ4v) is 3.25. The van der Waals surface area contributed by atoms with E-state index < -0.39 is 0 Å². The molecule has 0 radical (unpaired) electrons. The average molecular weight is 266 g/mol. The van der Waals surface area contributed by atoms with Crippen LogP contribution in [-0.4, -0.2) is 29.6 Å². The molecule has 2 unspecified atom stereocenters. The second kappa shape index (κ2) is 6.74. The van der Waals surface area contributed by atoms with Crippen LogP contribution in [0.15, 0.2) is 0 Å². The van der Waals surface area contributed by atoms with Crippen LogP contribution in [-0.2, 0) is 4.79 Å². The van der Waals surface area contributed by atoms with Crippen molar-refractivity contribution in [1.82, 2.24) is 10.2 Å². The second-order valence-electron chi connectivity index (χ2n) is 6.77. The Kier molecular flexibility index (Phi) is 5.26. The van der Waals surface area contributed by atoms with Crippen molar-refractivity contribution in [2.75, 3.05) is 6.54 Å². The fraction of sp³-hybridized carbons (Fsp3) is 0.938. The molecule has 2 rings (SSSR count). The van der Waals surface area contributed by atoms with E-state index in [9.17, 15) is 4.79 Å². The number of carbonyl (C=O) groups excluding carboxylic acids is 1. The summed E-state index contributed by atoms with van der Waals surface area (Å²) < 4.78 is 0. The Labute approximate surface area is 118 Å². The van der Waals surface area contributed by atoms with Gasteiger partial charge in [-0.1, -0.05) is 46.5 Å². The molecule has 19 heavy (non-hydrogen) atoms. The largest absolute Gasteiger partial charge is 0.326 e. The van der Waals surface area contributed by atoms with Crippen LogP contribution in [0, 0.1) is 11.8 Å². The van der Waals surface area contributed by atoms with Gasteiger partial charge in [0.05, 0.1) is 12.2 Å². The summed E-state index contributed by atoms with van der Waals surface area (Å²) in [6.07, 6.45) is 8.78. The fourth-order valence-electron chi connectivity index (χ4n) is 3.25. The summed E-state index contributed by atoms with van der Waals surface area (Å²) in [6.45, 7) is 7.60. The van der Waals surface area contributed by atoms with E-state index in [0.29, 0.717) is 11.8 Å². The van der Waals surface area contributed by atoms with E-state index in [2.05, 4.69) is 31.0 Å². The van der Waals surface area contributed by atoms with Gasteiger partial charge in [0.15, 0.2) is 0 Å². The Morgan fingerprint density at radius 3 is 2.58 bits per heavy atom. The van der Waals surface area contributed by atoms with Crippen molar-refractivity contribution in [3.63, 3.8) is 0 Å². The minimum absolute atomic E-state index is 0.0788. The van der Waals surface area contributed by atoms with E-state index in [0.717, 1.165) is 31.7 Å². The first-order valence-electron chi connectivity index (χ1n) is 8.18. The highest BCUT2D eigenvalue weighted by molar-refractivity contribution is 5.84. The Balaban J connectivity index is 1.91. The van der Waals surface area contributed by atoms with Crippen LogP contribution in [0.2, 0.25) is 0 Å². The zero-order chi connectivity index (χ0) is 13.8. The van der Waals surface area contributed by atoms with Gasteiger partial charge < -0.3 is 4.90 Å². The standard InChI is InChI=1S/C16H30N2O/c1-4-6-14-16(19)18(10-9-13-7-5-8-13)15(17-14)11-12(2)3/h12-15,17H,4-11H2,1-3H3. The number of rotatable bonds is 7. The maximum absolute atomic E-state index is 12.5. The Hall–Kier alpha value is -0.570. The molecule has 1 aliphatic heterocycles. The molecular weight excluding hydrogens is 236 g/mol. The molecule has 0 aromatic heterocycles. The van der Waals surface area contributed by atoms with Gasteiger partial charge in [-0.3, -0.25) is 10.1 Å². The Morgan fingerprint density at radius 1 is 1.32 bits per heavy atom. The van der Waals surface area contributed by atoms with Gasteiger partial charge in [-0.25, -0.2) is 0 Å². The molecule has 3 heteroatoms. The van der Waals surface area contributed by atoms with E-state index >= 15 is 0 Å². The number of hydrogen-bond acceptors (Lipinski definition) is 2. The van der Waals surface area contributed by atoms with Gasteiger partial charge in [-0.15, -0.1) is 0 Å². The van der Waals surface area contributed by atoms with Crippen LogP contribution in [0.5, 0.6) is 0 Å². The first kappa shape index (κ1) is 14.8. The van der Waals surface area contributed by atoms with Crippen molar-refractivity contribution in [2.24, 2.45) is 11.8 Å². The average Bonchev–Trinajstić information content (AvgIpc) is 2.55. The Morgan fingerprint density at radius 2 is 2.05 bits per heavy atom. The number of carbonyl (C=O) groups is 1. The lowest BCUT2D eigenvalue weighted by Gasteiger charge is -2.30. The zero-order valence-corrected chi connectivity index (χ0v) is 12.8. The molecule has 3 nitrogen and oxygen atoms in total. The summed E-state index contributed by atoms with van der Waals surface area (Å²) in [4.78, 5) is 14.6. The molecule has 1 saturated heterocycles. The summed E-state index contributed by atoms with van der Waals surface area (Å²) in [5, 5.41) is 3.56. The minimum atomic E-state index is 0.0788. The zero-order valence-electron chi connectivity index (χ0n) is 12.8. The third kappa shape index (κ3) is 3.71. The molecule has 0 aromatic carbocycles. The maximum atomic E-state index is 12.5. The van der Waals surface area contributed by atoms with Gasteiger partial charge in [0.1, 0.15) is 0 Å². The van der Waals surface area contributed by atoms with Crippen LogP contribution in [0.4, 0.5) is 0 Å². The number of amides is 1. The number of nitrogens with one attached hydrogen (secondary N) is 1. The molecular formula is C16H30N2O. The van der Waals surface area contributed by atoms with E-state index in [1.807, 2.05) is 0 Å². The number of hydrogen-bond donors (Lipinski definition) is 1. The van der Waals surface area contributed by atoms with Crippen molar-refractivity contribution in [3.05, 3.63) is 0 Å². The molecule has 2 fully saturated rings. The maximum Gasteiger partial charge on any atom is 0.241 e. The first-order valence-corrected chi connectivity index (χ1v) is 8.18. The highest BCUT2D eigenvalue weighted by Crippen LogP contribution is 2.30. The number of nitrogens with zero attached hydrogens (tertiary/aromatic N) is 1. The van der Waals surface area contributed by atoms with E-state index in [4.69, 9.17) is 0 Å². The molecule has 0 aromatic rings. The summed E-state index contributed by atoms with van der Waals surface area (Å²) in [5.74, 6) is 1.88. The molecule has 2 atom stereocenters. The van der Waals surface area contributed by atoms with Crippen LogP contribution in [0.1, 0.15) is 65.7 Å². The van der Waals surface area contributed by atoms with Crippen LogP contribution >= 0.6 is 0 Å². The summed E-state index contributed by atoms with van der Waals surface area (Å²) in [5.41, 5.74) is 0. The predicted octanol–water partition coefficient (Wildman–Crippen LogP) is 3.15. The van der Waals surface area contributed by atoms with Crippen LogP contribution < -0.4 is 5.32 Å². The normalized spacial score (nSPS) is 28.2. The molecule has 1 N–H and O–H groups in total. The highest BCUT2D eigenvalue weighted by atomic mass is 16.2. The molecule has 1 heterocycles. The van der Waals surface area contributed by atoms with E-state index in [1.54, 1.807) is 0 Å². The lowest BCUT2D eigenvalue weighted by atomic mass is 9.83. The SMILES string of the molecule is CCCC1NC(CC(C)C)N(CCC2CCC2)C1=O. The van der Waals surface area contributed by atoms with Gasteiger partial charge >= 0.3 is 0 Å².